The Kier molecular flexibility index (Phi) is 11.9. The number of rotatable bonds is 5. The molecule has 2 aromatic rings. The van der Waals surface area contributed by atoms with Crippen molar-refractivity contribution in [2.24, 2.45) is 0 Å². The van der Waals surface area contributed by atoms with Crippen molar-refractivity contribution in [3.63, 3.8) is 0 Å². The van der Waals surface area contributed by atoms with E-state index in [1.54, 1.807) is 19.7 Å². The molecule has 106 valence electrons. The van der Waals surface area contributed by atoms with E-state index < -0.39 is 0 Å². The Bertz CT molecular complexity index is 426. The standard InChI is InChI=1S/C14H12.H2S6/c1-3-7-13(8-4-1)11-12-14-9-5-2-6-10-14;1-3-5-6-4-2/h1-12H;1-2H/b12-11+;. The zero-order valence-corrected chi connectivity index (χ0v) is 15.5. The molecule has 0 saturated heterocycles. The summed E-state index contributed by atoms with van der Waals surface area (Å²) < 4.78 is 0. The lowest BCUT2D eigenvalue weighted by molar-refractivity contribution is 1.65. The average Bonchev–Trinajstić information content (AvgIpc) is 2.53. The van der Waals surface area contributed by atoms with Crippen LogP contribution in [0, 0.1) is 0 Å². The van der Waals surface area contributed by atoms with Crippen molar-refractivity contribution < 1.29 is 0 Å². The molecule has 0 amide bonds. The molecule has 0 N–H and O–H groups in total. The van der Waals surface area contributed by atoms with Gasteiger partial charge in [-0.1, -0.05) is 96.1 Å². The summed E-state index contributed by atoms with van der Waals surface area (Å²) in [6, 6.07) is 20.6. The van der Waals surface area contributed by atoms with Crippen LogP contribution in [0.3, 0.4) is 0 Å². The number of hydrogen-bond donors (Lipinski definition) is 2. The number of benzene rings is 2. The Morgan fingerprint density at radius 3 is 1.25 bits per heavy atom. The summed E-state index contributed by atoms with van der Waals surface area (Å²) in [6.45, 7) is 0. The molecule has 0 aliphatic heterocycles. The van der Waals surface area contributed by atoms with Crippen LogP contribution >= 0.6 is 62.6 Å². The van der Waals surface area contributed by atoms with Crippen LogP contribution in [0.1, 0.15) is 11.1 Å². The van der Waals surface area contributed by atoms with Gasteiger partial charge < -0.3 is 0 Å². The van der Waals surface area contributed by atoms with Crippen molar-refractivity contribution in [3.8, 4) is 0 Å². The van der Waals surface area contributed by atoms with Crippen LogP contribution in [0.15, 0.2) is 60.7 Å². The molecule has 20 heavy (non-hydrogen) atoms. The highest BCUT2D eigenvalue weighted by Crippen LogP contribution is 2.45. The first-order valence-corrected chi connectivity index (χ1v) is 12.5. The van der Waals surface area contributed by atoms with Gasteiger partial charge in [0.2, 0.25) is 0 Å². The van der Waals surface area contributed by atoms with Crippen LogP contribution in [0.2, 0.25) is 0 Å². The van der Waals surface area contributed by atoms with Gasteiger partial charge >= 0.3 is 0 Å². The van der Waals surface area contributed by atoms with Gasteiger partial charge in [-0.25, -0.2) is 0 Å². The van der Waals surface area contributed by atoms with Gasteiger partial charge in [-0.2, -0.15) is 0 Å². The van der Waals surface area contributed by atoms with Gasteiger partial charge in [0.25, 0.3) is 0 Å². The highest BCUT2D eigenvalue weighted by atomic mass is 33.9. The van der Waals surface area contributed by atoms with Crippen LogP contribution in [0.5, 0.6) is 0 Å². The van der Waals surface area contributed by atoms with E-state index in [9.17, 15) is 0 Å². The lowest BCUT2D eigenvalue weighted by Crippen LogP contribution is -1.70. The van der Waals surface area contributed by atoms with E-state index in [0.717, 1.165) is 0 Å². The summed E-state index contributed by atoms with van der Waals surface area (Å²) in [7, 11) is 6.05. The molecule has 0 heterocycles. The second kappa shape index (κ2) is 13.0. The quantitative estimate of drug-likeness (QED) is 0.245. The Morgan fingerprint density at radius 1 is 0.600 bits per heavy atom. The number of thiol groups is 2. The van der Waals surface area contributed by atoms with Gasteiger partial charge in [-0.05, 0) is 50.4 Å². The molecule has 2 aromatic carbocycles. The minimum absolute atomic E-state index is 1.23. The van der Waals surface area contributed by atoms with Crippen LogP contribution < -0.4 is 0 Å². The zero-order chi connectivity index (χ0) is 14.5. The van der Waals surface area contributed by atoms with E-state index in [2.05, 4.69) is 59.7 Å². The Balaban J connectivity index is 0.000000286. The molecular weight excluding hydrogens is 361 g/mol. The van der Waals surface area contributed by atoms with Crippen molar-refractivity contribution >= 4 is 74.8 Å². The second-order valence-electron chi connectivity index (χ2n) is 3.44. The summed E-state index contributed by atoms with van der Waals surface area (Å²) in [5, 5.41) is 0. The molecule has 6 heteroatoms. The van der Waals surface area contributed by atoms with Gasteiger partial charge in [0, 0.05) is 0 Å². The predicted octanol–water partition coefficient (Wildman–Crippen LogP) is 7.21. The molecule has 0 aliphatic rings. The van der Waals surface area contributed by atoms with Crippen molar-refractivity contribution in [2.45, 2.75) is 0 Å². The lowest BCUT2D eigenvalue weighted by atomic mass is 10.1. The monoisotopic (exact) mass is 374 g/mol. The largest absolute Gasteiger partial charge is 0.0988 e. The van der Waals surface area contributed by atoms with E-state index >= 15 is 0 Å². The van der Waals surface area contributed by atoms with Crippen molar-refractivity contribution in [2.75, 3.05) is 0 Å². The van der Waals surface area contributed by atoms with Crippen molar-refractivity contribution in [1.82, 2.24) is 0 Å². The fourth-order valence-electron chi connectivity index (χ4n) is 1.35. The Labute approximate surface area is 145 Å². The Hall–Kier alpha value is 0.280. The van der Waals surface area contributed by atoms with E-state index in [1.807, 2.05) is 36.4 Å². The van der Waals surface area contributed by atoms with Gasteiger partial charge in [0.15, 0.2) is 0 Å². The predicted molar refractivity (Wildman–Crippen MR) is 110 cm³/mol. The molecule has 0 aliphatic carbocycles. The molecule has 0 unspecified atom stereocenters. The summed E-state index contributed by atoms with van der Waals surface area (Å²) in [6.07, 6.45) is 4.24. The number of hydrogen-bond acceptors (Lipinski definition) is 6. The maximum absolute atomic E-state index is 3.87. The third kappa shape index (κ3) is 9.26. The van der Waals surface area contributed by atoms with Crippen LogP contribution in [-0.4, -0.2) is 0 Å². The SMILES string of the molecule is C(=C\c1ccccc1)/c1ccccc1.SSSSSS. The molecule has 0 saturated carbocycles. The molecule has 2 rings (SSSR count). The second-order valence-corrected chi connectivity index (χ2v) is 10.9. The van der Waals surface area contributed by atoms with E-state index in [1.165, 1.54) is 30.8 Å². The summed E-state index contributed by atoms with van der Waals surface area (Å²) in [5.74, 6) is 0. The van der Waals surface area contributed by atoms with Crippen LogP contribution in [-0.2, 0) is 0 Å². The fraction of sp³-hybridized carbons (Fsp3) is 0. The van der Waals surface area contributed by atoms with Crippen molar-refractivity contribution in [3.05, 3.63) is 71.8 Å². The van der Waals surface area contributed by atoms with Crippen molar-refractivity contribution in [1.29, 1.82) is 0 Å². The third-order valence-electron chi connectivity index (χ3n) is 2.16. The molecule has 0 spiro atoms. The molecule has 0 nitrogen and oxygen atoms in total. The average molecular weight is 375 g/mol. The summed E-state index contributed by atoms with van der Waals surface area (Å²) in [4.78, 5) is 0. The van der Waals surface area contributed by atoms with Crippen LogP contribution in [0.4, 0.5) is 0 Å². The van der Waals surface area contributed by atoms with Gasteiger partial charge in [0.1, 0.15) is 0 Å². The Morgan fingerprint density at radius 2 is 0.950 bits per heavy atom. The molecule has 0 fully saturated rings. The molecule has 0 bridgehead atoms. The minimum Gasteiger partial charge on any atom is -0.0988 e. The summed E-state index contributed by atoms with van der Waals surface area (Å²) >= 11 is 7.73. The molecule has 0 aromatic heterocycles. The molecule has 0 radical (unpaired) electrons. The highest BCUT2D eigenvalue weighted by molar-refractivity contribution is 9.40. The topological polar surface area (TPSA) is 0 Å². The molecule has 0 atom stereocenters. The van der Waals surface area contributed by atoms with E-state index in [4.69, 9.17) is 0 Å². The smallest absolute Gasteiger partial charge is 0.00114 e. The minimum atomic E-state index is 1.23. The van der Waals surface area contributed by atoms with E-state index in [-0.39, 0.29) is 0 Å². The normalized spacial score (nSPS) is 10.1. The summed E-state index contributed by atoms with van der Waals surface area (Å²) in [5.41, 5.74) is 2.47. The third-order valence-corrected chi connectivity index (χ3v) is 9.25. The first kappa shape index (κ1) is 18.3. The van der Waals surface area contributed by atoms with E-state index in [0.29, 0.717) is 0 Å². The zero-order valence-electron chi connectivity index (χ0n) is 10.5. The van der Waals surface area contributed by atoms with Gasteiger partial charge in [-0.15, -0.1) is 0 Å². The van der Waals surface area contributed by atoms with Crippen LogP contribution in [0.25, 0.3) is 12.2 Å². The maximum atomic E-state index is 3.87. The van der Waals surface area contributed by atoms with Gasteiger partial charge in [-0.3, -0.25) is 0 Å². The lowest BCUT2D eigenvalue weighted by Gasteiger charge is -1.92. The molecular formula is C14H14S6. The van der Waals surface area contributed by atoms with Gasteiger partial charge in [0.05, 0.1) is 0 Å². The maximum Gasteiger partial charge on any atom is -0.00114 e. The highest BCUT2D eigenvalue weighted by Gasteiger charge is 1.84. The first-order valence-electron chi connectivity index (χ1n) is 5.60. The fourth-order valence-corrected chi connectivity index (χ4v) is 7.36. The first-order chi connectivity index (χ1) is 9.86.